The lowest BCUT2D eigenvalue weighted by atomic mass is 10.2. The summed E-state index contributed by atoms with van der Waals surface area (Å²) in [5, 5.41) is 4.16. The molecular weight excluding hydrogens is 232 g/mol. The van der Waals surface area contributed by atoms with Crippen LogP contribution in [-0.2, 0) is 7.05 Å². The van der Waals surface area contributed by atoms with E-state index in [1.807, 2.05) is 5.38 Å². The number of para-hydroxylation sites is 1. The van der Waals surface area contributed by atoms with Crippen LogP contribution in [0.15, 0.2) is 35.8 Å². The van der Waals surface area contributed by atoms with E-state index in [0.717, 1.165) is 10.6 Å². The minimum absolute atomic E-state index is 0.679. The molecule has 0 saturated heterocycles. The van der Waals surface area contributed by atoms with Crippen molar-refractivity contribution in [3.8, 4) is 16.5 Å². The van der Waals surface area contributed by atoms with Gasteiger partial charge in [0.25, 0.3) is 0 Å². The predicted molar refractivity (Wildman–Crippen MR) is 70.6 cm³/mol. The Labute approximate surface area is 103 Å². The van der Waals surface area contributed by atoms with Crippen molar-refractivity contribution in [2.75, 3.05) is 7.11 Å². The zero-order chi connectivity index (χ0) is 11.8. The fourth-order valence-corrected chi connectivity index (χ4v) is 2.78. The largest absolute Gasteiger partial charge is 0.480 e. The molecule has 0 aliphatic carbocycles. The van der Waals surface area contributed by atoms with Crippen molar-refractivity contribution in [3.05, 3.63) is 35.8 Å². The fourth-order valence-electron chi connectivity index (χ4n) is 1.99. The minimum Gasteiger partial charge on any atom is -0.480 e. The van der Waals surface area contributed by atoms with E-state index in [0.29, 0.717) is 5.88 Å². The third-order valence-electron chi connectivity index (χ3n) is 2.82. The molecule has 0 atom stereocenters. The van der Waals surface area contributed by atoms with Gasteiger partial charge in [0.05, 0.1) is 12.5 Å². The van der Waals surface area contributed by atoms with Gasteiger partial charge in [-0.25, -0.2) is 4.98 Å². The fraction of sp³-hybridized carbons (Fsp3) is 0.154. The van der Waals surface area contributed by atoms with E-state index in [4.69, 9.17) is 4.74 Å². The highest BCUT2D eigenvalue weighted by molar-refractivity contribution is 7.13. The molecule has 3 aromatic rings. The summed E-state index contributed by atoms with van der Waals surface area (Å²) in [6.45, 7) is 0. The molecule has 0 radical (unpaired) electrons. The first-order valence-corrected chi connectivity index (χ1v) is 6.21. The SMILES string of the molecule is COc1csc(-c2cn(C)c3ccccc23)n1. The number of thiazole rings is 1. The highest BCUT2D eigenvalue weighted by Gasteiger charge is 2.11. The van der Waals surface area contributed by atoms with Crippen LogP contribution >= 0.6 is 11.3 Å². The van der Waals surface area contributed by atoms with Gasteiger partial charge < -0.3 is 9.30 Å². The Morgan fingerprint density at radius 2 is 2.12 bits per heavy atom. The van der Waals surface area contributed by atoms with Gasteiger partial charge in [0.15, 0.2) is 0 Å². The molecular formula is C13H12N2OS. The lowest BCUT2D eigenvalue weighted by Gasteiger charge is -1.94. The summed E-state index contributed by atoms with van der Waals surface area (Å²) in [6.07, 6.45) is 2.11. The summed E-state index contributed by atoms with van der Waals surface area (Å²) in [5.74, 6) is 0.679. The molecule has 17 heavy (non-hydrogen) atoms. The van der Waals surface area contributed by atoms with Crippen molar-refractivity contribution in [3.63, 3.8) is 0 Å². The average molecular weight is 244 g/mol. The maximum absolute atomic E-state index is 5.13. The second-order valence-electron chi connectivity index (χ2n) is 3.87. The molecule has 1 aromatic carbocycles. The van der Waals surface area contributed by atoms with Crippen LogP contribution in [-0.4, -0.2) is 16.7 Å². The van der Waals surface area contributed by atoms with Crippen LogP contribution in [0.5, 0.6) is 5.88 Å². The molecule has 0 spiro atoms. The Bertz CT molecular complexity index is 669. The number of hydrogen-bond acceptors (Lipinski definition) is 3. The van der Waals surface area contributed by atoms with Crippen molar-refractivity contribution in [2.24, 2.45) is 7.05 Å². The van der Waals surface area contributed by atoms with Gasteiger partial charge in [-0.1, -0.05) is 18.2 Å². The second-order valence-corrected chi connectivity index (χ2v) is 4.72. The van der Waals surface area contributed by atoms with E-state index < -0.39 is 0 Å². The van der Waals surface area contributed by atoms with Gasteiger partial charge in [-0.2, -0.15) is 0 Å². The Hall–Kier alpha value is -1.81. The predicted octanol–water partition coefficient (Wildman–Crippen LogP) is 3.31. The van der Waals surface area contributed by atoms with Gasteiger partial charge in [0.2, 0.25) is 5.88 Å². The standard InChI is InChI=1S/C13H12N2OS/c1-15-7-10(9-5-3-4-6-11(9)15)13-14-12(16-2)8-17-13/h3-8H,1-2H3. The van der Waals surface area contributed by atoms with Crippen LogP contribution in [0.2, 0.25) is 0 Å². The molecule has 4 heteroatoms. The first-order chi connectivity index (χ1) is 8.29. The summed E-state index contributed by atoms with van der Waals surface area (Å²) in [4.78, 5) is 4.45. The lowest BCUT2D eigenvalue weighted by molar-refractivity contribution is 0.401. The van der Waals surface area contributed by atoms with E-state index >= 15 is 0 Å². The Balaban J connectivity index is 2.23. The molecule has 2 aromatic heterocycles. The number of fused-ring (bicyclic) bond motifs is 1. The van der Waals surface area contributed by atoms with E-state index in [9.17, 15) is 0 Å². The summed E-state index contributed by atoms with van der Waals surface area (Å²) in [5.41, 5.74) is 2.38. The van der Waals surface area contributed by atoms with Crippen LogP contribution in [0.25, 0.3) is 21.5 Å². The number of ether oxygens (including phenoxy) is 1. The Kier molecular flexibility index (Phi) is 2.37. The maximum Gasteiger partial charge on any atom is 0.224 e. The van der Waals surface area contributed by atoms with Gasteiger partial charge in [-0.15, -0.1) is 11.3 Å². The molecule has 2 heterocycles. The second kappa shape index (κ2) is 3.89. The van der Waals surface area contributed by atoms with Gasteiger partial charge in [0, 0.05) is 29.7 Å². The number of methoxy groups -OCH3 is 1. The van der Waals surface area contributed by atoms with Crippen LogP contribution in [0.4, 0.5) is 0 Å². The molecule has 0 amide bonds. The number of nitrogens with zero attached hydrogens (tertiary/aromatic N) is 2. The molecule has 3 nitrogen and oxygen atoms in total. The van der Waals surface area contributed by atoms with Gasteiger partial charge in [-0.3, -0.25) is 0 Å². The summed E-state index contributed by atoms with van der Waals surface area (Å²) >= 11 is 1.61. The smallest absolute Gasteiger partial charge is 0.224 e. The molecule has 3 rings (SSSR count). The summed E-state index contributed by atoms with van der Waals surface area (Å²) < 4.78 is 7.25. The third-order valence-corrected chi connectivity index (χ3v) is 3.67. The number of hydrogen-bond donors (Lipinski definition) is 0. The van der Waals surface area contributed by atoms with E-state index in [-0.39, 0.29) is 0 Å². The Morgan fingerprint density at radius 1 is 1.29 bits per heavy atom. The van der Waals surface area contributed by atoms with Crippen molar-refractivity contribution < 1.29 is 4.74 Å². The molecule has 0 aliphatic rings. The first-order valence-electron chi connectivity index (χ1n) is 5.33. The number of benzene rings is 1. The van der Waals surface area contributed by atoms with E-state index in [1.165, 1.54) is 10.9 Å². The average Bonchev–Trinajstić information content (AvgIpc) is 2.95. The van der Waals surface area contributed by atoms with Crippen LogP contribution < -0.4 is 4.74 Å². The van der Waals surface area contributed by atoms with Crippen molar-refractivity contribution in [1.82, 2.24) is 9.55 Å². The number of aryl methyl sites for hydroxylation is 1. The summed E-state index contributed by atoms with van der Waals surface area (Å²) in [7, 11) is 3.69. The van der Waals surface area contributed by atoms with E-state index in [1.54, 1.807) is 18.4 Å². The molecule has 0 aliphatic heterocycles. The van der Waals surface area contributed by atoms with Crippen LogP contribution in [0.1, 0.15) is 0 Å². The van der Waals surface area contributed by atoms with Crippen molar-refractivity contribution in [1.29, 1.82) is 0 Å². The topological polar surface area (TPSA) is 27.1 Å². The molecule has 0 fully saturated rings. The number of rotatable bonds is 2. The molecule has 86 valence electrons. The van der Waals surface area contributed by atoms with Crippen molar-refractivity contribution in [2.45, 2.75) is 0 Å². The summed E-state index contributed by atoms with van der Waals surface area (Å²) in [6, 6.07) is 8.34. The zero-order valence-electron chi connectivity index (χ0n) is 9.68. The van der Waals surface area contributed by atoms with Crippen molar-refractivity contribution >= 4 is 22.2 Å². The highest BCUT2D eigenvalue weighted by atomic mass is 32.1. The Morgan fingerprint density at radius 3 is 2.88 bits per heavy atom. The highest BCUT2D eigenvalue weighted by Crippen LogP contribution is 2.33. The van der Waals surface area contributed by atoms with E-state index in [2.05, 4.69) is 47.1 Å². The zero-order valence-corrected chi connectivity index (χ0v) is 10.5. The van der Waals surface area contributed by atoms with Gasteiger partial charge in [-0.05, 0) is 6.07 Å². The molecule has 0 unspecified atom stereocenters. The van der Waals surface area contributed by atoms with Crippen LogP contribution in [0.3, 0.4) is 0 Å². The normalized spacial score (nSPS) is 10.9. The molecule has 0 bridgehead atoms. The van der Waals surface area contributed by atoms with Gasteiger partial charge >= 0.3 is 0 Å². The quantitative estimate of drug-likeness (QED) is 0.691. The minimum atomic E-state index is 0.679. The third kappa shape index (κ3) is 1.61. The van der Waals surface area contributed by atoms with Crippen LogP contribution in [0, 0.1) is 0 Å². The monoisotopic (exact) mass is 244 g/mol. The van der Waals surface area contributed by atoms with Gasteiger partial charge in [0.1, 0.15) is 5.01 Å². The number of aromatic nitrogens is 2. The molecule has 0 saturated carbocycles. The maximum atomic E-state index is 5.13. The lowest BCUT2D eigenvalue weighted by Crippen LogP contribution is -1.82. The molecule has 0 N–H and O–H groups in total. The first kappa shape index (κ1) is 10.4.